The minimum Gasteiger partial charge on any atom is -0.316 e. The molecule has 0 atom stereocenters. The number of nitrogens with zero attached hydrogens (tertiary/aromatic N) is 1. The Labute approximate surface area is 130 Å². The summed E-state index contributed by atoms with van der Waals surface area (Å²) in [7, 11) is 0.0972. The fraction of sp³-hybridized carbons (Fsp3) is 0.333. The van der Waals surface area contributed by atoms with Crippen molar-refractivity contribution in [2.45, 2.75) is 17.2 Å². The van der Waals surface area contributed by atoms with Gasteiger partial charge in [0.2, 0.25) is 0 Å². The lowest BCUT2D eigenvalue weighted by atomic mass is 10.2. The van der Waals surface area contributed by atoms with E-state index in [-0.39, 0.29) is 0 Å². The summed E-state index contributed by atoms with van der Waals surface area (Å²) in [5.74, 6) is 0. The van der Waals surface area contributed by atoms with E-state index in [9.17, 15) is 8.42 Å². The molecule has 0 radical (unpaired) electrons. The SMILES string of the molecule is CNCc1csc(S(=O)(=O)N(C)CCc2ccccc2)c1. The summed E-state index contributed by atoms with van der Waals surface area (Å²) in [6.07, 6.45) is 0.714. The summed E-state index contributed by atoms with van der Waals surface area (Å²) < 4.78 is 26.8. The molecule has 4 nitrogen and oxygen atoms in total. The van der Waals surface area contributed by atoms with Crippen LogP contribution in [0.25, 0.3) is 0 Å². The van der Waals surface area contributed by atoms with E-state index < -0.39 is 10.0 Å². The zero-order chi connectivity index (χ0) is 15.3. The van der Waals surface area contributed by atoms with Gasteiger partial charge in [0.15, 0.2) is 0 Å². The van der Waals surface area contributed by atoms with Gasteiger partial charge in [-0.3, -0.25) is 0 Å². The molecule has 1 N–H and O–H groups in total. The largest absolute Gasteiger partial charge is 0.316 e. The first-order valence-electron chi connectivity index (χ1n) is 6.76. The van der Waals surface area contributed by atoms with Crippen LogP contribution in [0.5, 0.6) is 0 Å². The highest BCUT2D eigenvalue weighted by atomic mass is 32.2. The first-order chi connectivity index (χ1) is 10.0. The molecule has 0 aliphatic rings. The zero-order valence-corrected chi connectivity index (χ0v) is 13.9. The predicted molar refractivity (Wildman–Crippen MR) is 87.0 cm³/mol. The molecule has 1 heterocycles. The van der Waals surface area contributed by atoms with Gasteiger partial charge in [0.25, 0.3) is 10.0 Å². The molecular formula is C15H20N2O2S2. The Hall–Kier alpha value is -1.21. The minimum atomic E-state index is -3.38. The van der Waals surface area contributed by atoms with Crippen LogP contribution in [0.2, 0.25) is 0 Å². The van der Waals surface area contributed by atoms with Crippen molar-refractivity contribution < 1.29 is 8.42 Å². The number of sulfonamides is 1. The van der Waals surface area contributed by atoms with Crippen LogP contribution < -0.4 is 5.32 Å². The van der Waals surface area contributed by atoms with Gasteiger partial charge in [-0.15, -0.1) is 11.3 Å². The Morgan fingerprint density at radius 3 is 2.57 bits per heavy atom. The summed E-state index contributed by atoms with van der Waals surface area (Å²) in [6.45, 7) is 1.16. The van der Waals surface area contributed by atoms with E-state index in [1.165, 1.54) is 15.6 Å². The van der Waals surface area contributed by atoms with Crippen molar-refractivity contribution in [2.75, 3.05) is 20.6 Å². The number of hydrogen-bond donors (Lipinski definition) is 1. The quantitative estimate of drug-likeness (QED) is 0.850. The number of nitrogens with one attached hydrogen (secondary N) is 1. The first-order valence-corrected chi connectivity index (χ1v) is 9.08. The molecule has 2 aromatic rings. The molecule has 2 rings (SSSR count). The highest BCUT2D eigenvalue weighted by Gasteiger charge is 2.22. The van der Waals surface area contributed by atoms with Crippen molar-refractivity contribution in [3.05, 3.63) is 52.9 Å². The van der Waals surface area contributed by atoms with Crippen LogP contribution in [0.1, 0.15) is 11.1 Å². The lowest BCUT2D eigenvalue weighted by Gasteiger charge is -2.15. The Morgan fingerprint density at radius 2 is 1.90 bits per heavy atom. The van der Waals surface area contributed by atoms with Crippen LogP contribution in [0.4, 0.5) is 0 Å². The molecule has 0 saturated heterocycles. The van der Waals surface area contributed by atoms with Gasteiger partial charge in [0.1, 0.15) is 4.21 Å². The molecule has 0 amide bonds. The molecule has 0 spiro atoms. The second kappa shape index (κ2) is 7.17. The Morgan fingerprint density at radius 1 is 1.19 bits per heavy atom. The Bertz CT molecular complexity index is 666. The van der Waals surface area contributed by atoms with E-state index in [0.29, 0.717) is 23.7 Å². The maximum absolute atomic E-state index is 12.5. The molecule has 21 heavy (non-hydrogen) atoms. The normalized spacial score (nSPS) is 12.0. The van der Waals surface area contributed by atoms with Gasteiger partial charge in [0, 0.05) is 20.1 Å². The third-order valence-corrected chi connectivity index (χ3v) is 6.55. The molecule has 0 saturated carbocycles. The fourth-order valence-corrected chi connectivity index (χ4v) is 4.58. The van der Waals surface area contributed by atoms with E-state index in [1.54, 1.807) is 13.1 Å². The maximum atomic E-state index is 12.5. The highest BCUT2D eigenvalue weighted by Crippen LogP contribution is 2.23. The second-order valence-corrected chi connectivity index (χ2v) is 8.05. The maximum Gasteiger partial charge on any atom is 0.252 e. The zero-order valence-electron chi connectivity index (χ0n) is 12.2. The summed E-state index contributed by atoms with van der Waals surface area (Å²) in [6, 6.07) is 11.7. The molecule has 1 aromatic heterocycles. The van der Waals surface area contributed by atoms with Crippen molar-refractivity contribution in [3.63, 3.8) is 0 Å². The number of hydrogen-bond acceptors (Lipinski definition) is 4. The van der Waals surface area contributed by atoms with E-state index in [2.05, 4.69) is 5.32 Å². The second-order valence-electron chi connectivity index (χ2n) is 4.87. The van der Waals surface area contributed by atoms with Gasteiger partial charge < -0.3 is 5.32 Å². The fourth-order valence-electron chi connectivity index (χ4n) is 1.99. The third kappa shape index (κ3) is 4.14. The van der Waals surface area contributed by atoms with Crippen LogP contribution in [0, 0.1) is 0 Å². The Kier molecular flexibility index (Phi) is 5.52. The summed E-state index contributed by atoms with van der Waals surface area (Å²) in [5, 5.41) is 4.91. The standard InChI is InChI=1S/C15H20N2O2S2/c1-16-11-14-10-15(20-12-14)21(18,19)17(2)9-8-13-6-4-3-5-7-13/h3-7,10,12,16H,8-9,11H2,1-2H3. The summed E-state index contributed by atoms with van der Waals surface area (Å²) in [5.41, 5.74) is 2.14. The Balaban J connectivity index is 2.04. The van der Waals surface area contributed by atoms with Crippen LogP contribution in [-0.4, -0.2) is 33.4 Å². The van der Waals surface area contributed by atoms with Gasteiger partial charge in [-0.25, -0.2) is 8.42 Å². The van der Waals surface area contributed by atoms with E-state index in [4.69, 9.17) is 0 Å². The van der Waals surface area contributed by atoms with Crippen molar-refractivity contribution >= 4 is 21.4 Å². The molecular weight excluding hydrogens is 304 g/mol. The van der Waals surface area contributed by atoms with Crippen LogP contribution in [-0.2, 0) is 23.0 Å². The smallest absolute Gasteiger partial charge is 0.252 e. The van der Waals surface area contributed by atoms with Gasteiger partial charge in [-0.1, -0.05) is 30.3 Å². The average Bonchev–Trinajstić information content (AvgIpc) is 2.95. The topological polar surface area (TPSA) is 49.4 Å². The summed E-state index contributed by atoms with van der Waals surface area (Å²) >= 11 is 1.28. The number of likely N-dealkylation sites (N-methyl/N-ethyl adjacent to an activating group) is 1. The van der Waals surface area contributed by atoms with Crippen LogP contribution >= 0.6 is 11.3 Å². The van der Waals surface area contributed by atoms with Crippen molar-refractivity contribution in [3.8, 4) is 0 Å². The van der Waals surface area contributed by atoms with E-state index in [1.807, 2.05) is 42.8 Å². The number of thiophene rings is 1. The molecule has 0 fully saturated rings. The first kappa shape index (κ1) is 16.2. The summed E-state index contributed by atoms with van der Waals surface area (Å²) in [4.78, 5) is 0. The minimum absolute atomic E-state index is 0.406. The van der Waals surface area contributed by atoms with Gasteiger partial charge in [0.05, 0.1) is 0 Å². The van der Waals surface area contributed by atoms with E-state index >= 15 is 0 Å². The van der Waals surface area contributed by atoms with Gasteiger partial charge in [-0.05, 0) is 36.0 Å². The molecule has 0 aliphatic heterocycles. The number of rotatable bonds is 7. The highest BCUT2D eigenvalue weighted by molar-refractivity contribution is 7.91. The molecule has 0 aliphatic carbocycles. The van der Waals surface area contributed by atoms with Crippen LogP contribution in [0.3, 0.4) is 0 Å². The average molecular weight is 324 g/mol. The number of benzene rings is 1. The van der Waals surface area contributed by atoms with Crippen molar-refractivity contribution in [2.24, 2.45) is 0 Å². The van der Waals surface area contributed by atoms with E-state index in [0.717, 1.165) is 11.1 Å². The van der Waals surface area contributed by atoms with Crippen molar-refractivity contribution in [1.29, 1.82) is 0 Å². The molecule has 114 valence electrons. The molecule has 1 aromatic carbocycles. The predicted octanol–water partition coefficient (Wildman–Crippen LogP) is 2.33. The molecule has 6 heteroatoms. The molecule has 0 bridgehead atoms. The van der Waals surface area contributed by atoms with Crippen molar-refractivity contribution in [1.82, 2.24) is 9.62 Å². The third-order valence-electron chi connectivity index (χ3n) is 3.23. The van der Waals surface area contributed by atoms with Gasteiger partial charge >= 0.3 is 0 Å². The monoisotopic (exact) mass is 324 g/mol. The lowest BCUT2D eigenvalue weighted by Crippen LogP contribution is -2.28. The van der Waals surface area contributed by atoms with Gasteiger partial charge in [-0.2, -0.15) is 4.31 Å². The lowest BCUT2D eigenvalue weighted by molar-refractivity contribution is 0.474. The van der Waals surface area contributed by atoms with Crippen LogP contribution in [0.15, 0.2) is 46.0 Å². The molecule has 0 unspecified atom stereocenters.